The van der Waals surface area contributed by atoms with Crippen molar-refractivity contribution in [1.29, 1.82) is 0 Å². The van der Waals surface area contributed by atoms with Crippen molar-refractivity contribution >= 4 is 22.7 Å². The van der Waals surface area contributed by atoms with E-state index < -0.39 is 5.82 Å². The predicted molar refractivity (Wildman–Crippen MR) is 77.8 cm³/mol. The highest BCUT2D eigenvalue weighted by Gasteiger charge is 2.14. The zero-order chi connectivity index (χ0) is 14.5. The fourth-order valence-corrected chi connectivity index (χ4v) is 1.99. The van der Waals surface area contributed by atoms with Crippen molar-refractivity contribution in [1.82, 2.24) is 9.97 Å². The number of aliphatic hydroxyl groups excluding tert-OH is 1. The Hall–Kier alpha value is -2.21. The molecule has 0 aliphatic carbocycles. The number of nitrogens with two attached hydrogens (primary N) is 1. The Balaban J connectivity index is 2.39. The average Bonchev–Trinajstić information content (AvgIpc) is 2.42. The number of aliphatic hydroxyl groups is 1. The van der Waals surface area contributed by atoms with Crippen molar-refractivity contribution in [3.63, 3.8) is 0 Å². The topological polar surface area (TPSA) is 84.1 Å². The molecule has 20 heavy (non-hydrogen) atoms. The molecular formula is C14H17FN4O. The molecule has 0 saturated heterocycles. The van der Waals surface area contributed by atoms with Gasteiger partial charge in [-0.25, -0.2) is 9.37 Å². The van der Waals surface area contributed by atoms with E-state index in [1.165, 1.54) is 6.07 Å². The number of fused-ring (bicyclic) bond motifs is 1. The van der Waals surface area contributed by atoms with Gasteiger partial charge in [-0.3, -0.25) is 0 Å². The van der Waals surface area contributed by atoms with Gasteiger partial charge in [0.2, 0.25) is 5.95 Å². The molecule has 0 spiro atoms. The zero-order valence-corrected chi connectivity index (χ0v) is 11.0. The molecule has 106 valence electrons. The van der Waals surface area contributed by atoms with Crippen LogP contribution < -0.4 is 11.1 Å². The number of benzene rings is 1. The van der Waals surface area contributed by atoms with Gasteiger partial charge in [0.05, 0.1) is 23.6 Å². The maximum Gasteiger partial charge on any atom is 0.222 e. The van der Waals surface area contributed by atoms with Crippen LogP contribution in [0.1, 0.15) is 12.8 Å². The summed E-state index contributed by atoms with van der Waals surface area (Å²) in [5.41, 5.74) is 6.06. The fourth-order valence-electron chi connectivity index (χ4n) is 1.99. The summed E-state index contributed by atoms with van der Waals surface area (Å²) in [6.45, 7) is 3.55. The number of allylic oxidation sites excluding steroid dienone is 1. The van der Waals surface area contributed by atoms with Crippen molar-refractivity contribution < 1.29 is 9.50 Å². The van der Waals surface area contributed by atoms with Crippen LogP contribution in [0.25, 0.3) is 10.9 Å². The third-order valence-corrected chi connectivity index (χ3v) is 2.97. The number of halogens is 1. The van der Waals surface area contributed by atoms with Gasteiger partial charge < -0.3 is 16.2 Å². The smallest absolute Gasteiger partial charge is 0.222 e. The summed E-state index contributed by atoms with van der Waals surface area (Å²) in [5.74, 6) is -0.0647. The number of rotatable bonds is 6. The van der Waals surface area contributed by atoms with E-state index >= 15 is 0 Å². The maximum absolute atomic E-state index is 13.9. The Labute approximate surface area is 116 Å². The molecular weight excluding hydrogens is 259 g/mol. The van der Waals surface area contributed by atoms with Crippen molar-refractivity contribution in [2.75, 3.05) is 17.7 Å². The van der Waals surface area contributed by atoms with Gasteiger partial charge in [-0.2, -0.15) is 4.98 Å². The van der Waals surface area contributed by atoms with Crippen molar-refractivity contribution in [2.24, 2.45) is 0 Å². The molecule has 1 aromatic heterocycles. The molecule has 5 nitrogen and oxygen atoms in total. The van der Waals surface area contributed by atoms with E-state index in [1.807, 2.05) is 0 Å². The number of anilines is 2. The molecule has 0 aliphatic rings. The highest BCUT2D eigenvalue weighted by Crippen LogP contribution is 2.25. The number of aromatic nitrogens is 2. The number of nitrogens with one attached hydrogen (secondary N) is 1. The lowest BCUT2D eigenvalue weighted by molar-refractivity contribution is 0.269. The Morgan fingerprint density at radius 2 is 2.25 bits per heavy atom. The first-order valence-corrected chi connectivity index (χ1v) is 6.35. The molecule has 2 aromatic rings. The summed E-state index contributed by atoms with van der Waals surface area (Å²) in [5, 5.41) is 12.7. The second kappa shape index (κ2) is 6.29. The van der Waals surface area contributed by atoms with Crippen LogP contribution in [0.2, 0.25) is 0 Å². The minimum Gasteiger partial charge on any atom is -0.394 e. The van der Waals surface area contributed by atoms with Gasteiger partial charge in [0.25, 0.3) is 0 Å². The molecule has 0 radical (unpaired) electrons. The molecule has 1 unspecified atom stereocenters. The predicted octanol–water partition coefficient (Wildman–Crippen LogP) is 2.09. The monoisotopic (exact) mass is 276 g/mol. The molecule has 1 aromatic carbocycles. The average molecular weight is 276 g/mol. The maximum atomic E-state index is 13.9. The summed E-state index contributed by atoms with van der Waals surface area (Å²) in [6.07, 6.45) is 3.16. The van der Waals surface area contributed by atoms with Gasteiger partial charge in [0.1, 0.15) is 11.6 Å². The minimum atomic E-state index is -0.426. The first-order valence-electron chi connectivity index (χ1n) is 6.35. The van der Waals surface area contributed by atoms with Crippen molar-refractivity contribution in [3.8, 4) is 0 Å². The quantitative estimate of drug-likeness (QED) is 0.704. The lowest BCUT2D eigenvalue weighted by Crippen LogP contribution is -2.24. The van der Waals surface area contributed by atoms with Crippen LogP contribution in [0.15, 0.2) is 30.9 Å². The molecule has 0 saturated carbocycles. The largest absolute Gasteiger partial charge is 0.394 e. The summed E-state index contributed by atoms with van der Waals surface area (Å²) < 4.78 is 13.9. The van der Waals surface area contributed by atoms with E-state index in [0.29, 0.717) is 17.8 Å². The Bertz CT molecular complexity index is 617. The van der Waals surface area contributed by atoms with Crippen LogP contribution in [-0.2, 0) is 0 Å². The van der Waals surface area contributed by atoms with Crippen LogP contribution in [0.3, 0.4) is 0 Å². The molecule has 6 heteroatoms. The standard InChI is InChI=1S/C14H17FN4O/c1-2-3-5-9(8-20)17-13-12-10(15)6-4-7-11(12)18-14(16)19-13/h2,4,6-7,9,20H,1,3,5,8H2,(H3,16,17,18,19). The number of hydrogen-bond acceptors (Lipinski definition) is 5. The highest BCUT2D eigenvalue weighted by atomic mass is 19.1. The fraction of sp³-hybridized carbons (Fsp3) is 0.286. The van der Waals surface area contributed by atoms with Gasteiger partial charge in [-0.1, -0.05) is 12.1 Å². The first-order chi connectivity index (χ1) is 9.65. The van der Waals surface area contributed by atoms with Crippen LogP contribution in [0, 0.1) is 5.82 Å². The van der Waals surface area contributed by atoms with Crippen LogP contribution in [-0.4, -0.2) is 27.7 Å². The van der Waals surface area contributed by atoms with Crippen LogP contribution >= 0.6 is 0 Å². The Kier molecular flexibility index (Phi) is 4.47. The van der Waals surface area contributed by atoms with Gasteiger partial charge in [-0.15, -0.1) is 6.58 Å². The number of nitrogens with zero attached hydrogens (tertiary/aromatic N) is 2. The number of hydrogen-bond donors (Lipinski definition) is 3. The first kappa shape index (κ1) is 14.2. The SMILES string of the molecule is C=CCCC(CO)Nc1nc(N)nc2cccc(F)c12. The van der Waals surface area contributed by atoms with E-state index in [9.17, 15) is 9.50 Å². The third-order valence-electron chi connectivity index (χ3n) is 2.97. The molecule has 1 atom stereocenters. The van der Waals surface area contributed by atoms with E-state index in [1.54, 1.807) is 18.2 Å². The Morgan fingerprint density at radius 3 is 2.95 bits per heavy atom. The summed E-state index contributed by atoms with van der Waals surface area (Å²) in [6, 6.07) is 4.32. The van der Waals surface area contributed by atoms with Crippen LogP contribution in [0.5, 0.6) is 0 Å². The van der Waals surface area contributed by atoms with Crippen LogP contribution in [0.4, 0.5) is 16.2 Å². The van der Waals surface area contributed by atoms with Gasteiger partial charge in [0, 0.05) is 0 Å². The van der Waals surface area contributed by atoms with E-state index in [0.717, 1.165) is 6.42 Å². The lowest BCUT2D eigenvalue weighted by atomic mass is 10.1. The van der Waals surface area contributed by atoms with E-state index in [2.05, 4.69) is 21.9 Å². The second-order valence-electron chi connectivity index (χ2n) is 4.45. The van der Waals surface area contributed by atoms with E-state index in [4.69, 9.17) is 5.73 Å². The molecule has 0 aliphatic heterocycles. The summed E-state index contributed by atoms with van der Waals surface area (Å²) in [7, 11) is 0. The molecule has 0 amide bonds. The normalized spacial score (nSPS) is 12.3. The van der Waals surface area contributed by atoms with Gasteiger partial charge >= 0.3 is 0 Å². The summed E-state index contributed by atoms with van der Waals surface area (Å²) >= 11 is 0. The van der Waals surface area contributed by atoms with Crippen molar-refractivity contribution in [3.05, 3.63) is 36.7 Å². The van der Waals surface area contributed by atoms with E-state index in [-0.39, 0.29) is 24.0 Å². The zero-order valence-electron chi connectivity index (χ0n) is 11.0. The highest BCUT2D eigenvalue weighted by molar-refractivity contribution is 5.90. The number of nitrogen functional groups attached to an aromatic ring is 1. The molecule has 1 heterocycles. The molecule has 4 N–H and O–H groups in total. The molecule has 0 fully saturated rings. The second-order valence-corrected chi connectivity index (χ2v) is 4.45. The Morgan fingerprint density at radius 1 is 1.45 bits per heavy atom. The van der Waals surface area contributed by atoms with Crippen molar-refractivity contribution in [2.45, 2.75) is 18.9 Å². The minimum absolute atomic E-state index is 0.0611. The summed E-state index contributed by atoms with van der Waals surface area (Å²) in [4.78, 5) is 8.04. The van der Waals surface area contributed by atoms with Gasteiger partial charge in [-0.05, 0) is 25.0 Å². The third kappa shape index (κ3) is 3.03. The molecule has 0 bridgehead atoms. The lowest BCUT2D eigenvalue weighted by Gasteiger charge is -2.17. The molecule has 2 rings (SSSR count). The van der Waals surface area contributed by atoms with Gasteiger partial charge in [0.15, 0.2) is 0 Å².